The van der Waals surface area contributed by atoms with Crippen LogP contribution >= 0.6 is 0 Å². The van der Waals surface area contributed by atoms with Gasteiger partial charge in [-0.3, -0.25) is 14.4 Å². The first-order valence-electron chi connectivity index (χ1n) is 31.5. The fourth-order valence-electron chi connectivity index (χ4n) is 9.35. The number of esters is 3. The Hall–Kier alpha value is -2.37. The standard InChI is InChI=1S/C65H120O6/c1-4-7-10-13-16-19-22-25-27-29-31-33-35-36-38-40-43-46-49-52-55-58-64(67)70-61-62(60-69-63(66)57-54-51-48-45-42-24-21-18-15-12-9-6-3)71-65(68)59-56-53-50-47-44-41-39-37-34-32-30-28-26-23-20-17-14-11-8-5-2/h18,21-22,25,29,31,62H,4-17,19-20,23-24,26-28,30,32-61H2,1-3H3/b21-18-,25-22-,31-29-. The Kier molecular flexibility index (Phi) is 58.2. The molecule has 0 amide bonds. The van der Waals surface area contributed by atoms with E-state index >= 15 is 0 Å². The Morgan fingerprint density at radius 2 is 0.507 bits per heavy atom. The molecule has 0 aromatic carbocycles. The van der Waals surface area contributed by atoms with Crippen molar-refractivity contribution in [3.63, 3.8) is 0 Å². The van der Waals surface area contributed by atoms with Crippen LogP contribution in [0, 0.1) is 0 Å². The molecule has 1 unspecified atom stereocenters. The summed E-state index contributed by atoms with van der Waals surface area (Å²) >= 11 is 0. The fourth-order valence-corrected chi connectivity index (χ4v) is 9.35. The molecule has 0 saturated heterocycles. The van der Waals surface area contributed by atoms with Crippen LogP contribution in [0.2, 0.25) is 0 Å². The third-order valence-corrected chi connectivity index (χ3v) is 14.1. The minimum Gasteiger partial charge on any atom is -0.462 e. The second kappa shape index (κ2) is 60.2. The molecule has 0 N–H and O–H groups in total. The monoisotopic (exact) mass is 997 g/mol. The lowest BCUT2D eigenvalue weighted by Crippen LogP contribution is -2.30. The van der Waals surface area contributed by atoms with Crippen LogP contribution in [0.5, 0.6) is 0 Å². The van der Waals surface area contributed by atoms with Crippen molar-refractivity contribution in [2.24, 2.45) is 0 Å². The molecule has 6 heteroatoms. The van der Waals surface area contributed by atoms with Crippen molar-refractivity contribution in [3.8, 4) is 0 Å². The van der Waals surface area contributed by atoms with Crippen LogP contribution in [-0.4, -0.2) is 37.2 Å². The molecule has 6 nitrogen and oxygen atoms in total. The van der Waals surface area contributed by atoms with E-state index in [1.807, 2.05) is 0 Å². The number of hydrogen-bond acceptors (Lipinski definition) is 6. The van der Waals surface area contributed by atoms with Gasteiger partial charge in [0.25, 0.3) is 0 Å². The summed E-state index contributed by atoms with van der Waals surface area (Å²) in [5.41, 5.74) is 0. The summed E-state index contributed by atoms with van der Waals surface area (Å²) in [6, 6.07) is 0. The van der Waals surface area contributed by atoms with E-state index < -0.39 is 6.10 Å². The molecule has 0 heterocycles. The molecular formula is C65H120O6. The largest absolute Gasteiger partial charge is 0.462 e. The first kappa shape index (κ1) is 68.6. The van der Waals surface area contributed by atoms with Crippen molar-refractivity contribution < 1.29 is 28.6 Å². The summed E-state index contributed by atoms with van der Waals surface area (Å²) in [5, 5.41) is 0. The van der Waals surface area contributed by atoms with Crippen LogP contribution < -0.4 is 0 Å². The summed E-state index contributed by atoms with van der Waals surface area (Å²) in [4.78, 5) is 38.2. The number of rotatable bonds is 58. The zero-order valence-corrected chi connectivity index (χ0v) is 47.8. The zero-order chi connectivity index (χ0) is 51.4. The van der Waals surface area contributed by atoms with Crippen molar-refractivity contribution >= 4 is 17.9 Å². The number of allylic oxidation sites excluding steroid dienone is 6. The maximum Gasteiger partial charge on any atom is 0.306 e. The molecule has 71 heavy (non-hydrogen) atoms. The maximum absolute atomic E-state index is 12.9. The number of hydrogen-bond donors (Lipinski definition) is 0. The van der Waals surface area contributed by atoms with Gasteiger partial charge in [-0.15, -0.1) is 0 Å². The molecule has 0 aromatic rings. The molecule has 0 saturated carbocycles. The molecule has 0 aliphatic heterocycles. The SMILES string of the molecule is CCCCC/C=C\CCCCCCCC(=O)OCC(COC(=O)CCCCCCCCCCC/C=C\C/C=C\CCCCCCC)OC(=O)CCCCCCCCCCCCCCCCCCCCCC. The van der Waals surface area contributed by atoms with E-state index in [1.165, 1.54) is 231 Å². The first-order valence-corrected chi connectivity index (χ1v) is 31.5. The minimum atomic E-state index is -0.775. The predicted molar refractivity (Wildman–Crippen MR) is 307 cm³/mol. The quantitative estimate of drug-likeness (QED) is 0.0261. The Morgan fingerprint density at radius 3 is 0.817 bits per heavy atom. The Labute approximate surface area is 442 Å². The van der Waals surface area contributed by atoms with Crippen LogP contribution in [-0.2, 0) is 28.6 Å². The van der Waals surface area contributed by atoms with Crippen molar-refractivity contribution in [1.29, 1.82) is 0 Å². The third kappa shape index (κ3) is 58.4. The van der Waals surface area contributed by atoms with Gasteiger partial charge in [0.05, 0.1) is 0 Å². The van der Waals surface area contributed by atoms with Gasteiger partial charge in [0.1, 0.15) is 13.2 Å². The van der Waals surface area contributed by atoms with Gasteiger partial charge in [-0.2, -0.15) is 0 Å². The van der Waals surface area contributed by atoms with E-state index in [1.54, 1.807) is 0 Å². The lowest BCUT2D eigenvalue weighted by atomic mass is 10.0. The highest BCUT2D eigenvalue weighted by atomic mass is 16.6. The molecule has 0 radical (unpaired) electrons. The van der Waals surface area contributed by atoms with Gasteiger partial charge >= 0.3 is 17.9 Å². The summed E-state index contributed by atoms with van der Waals surface area (Å²) in [6.07, 6.45) is 72.9. The Bertz CT molecular complexity index is 1190. The molecule has 0 bridgehead atoms. The Morgan fingerprint density at radius 1 is 0.282 bits per heavy atom. The summed E-state index contributed by atoms with van der Waals surface area (Å²) in [6.45, 7) is 6.65. The summed E-state index contributed by atoms with van der Waals surface area (Å²) < 4.78 is 16.9. The van der Waals surface area contributed by atoms with Crippen molar-refractivity contribution in [1.82, 2.24) is 0 Å². The number of carbonyl (C=O) groups is 3. The van der Waals surface area contributed by atoms with Crippen LogP contribution in [0.25, 0.3) is 0 Å². The van der Waals surface area contributed by atoms with Gasteiger partial charge in [-0.1, -0.05) is 282 Å². The molecule has 416 valence electrons. The van der Waals surface area contributed by atoms with E-state index in [-0.39, 0.29) is 31.1 Å². The third-order valence-electron chi connectivity index (χ3n) is 14.1. The van der Waals surface area contributed by atoms with E-state index in [0.29, 0.717) is 19.3 Å². The molecular weight excluding hydrogens is 877 g/mol. The van der Waals surface area contributed by atoms with E-state index in [0.717, 1.165) is 70.6 Å². The topological polar surface area (TPSA) is 78.9 Å². The molecule has 0 spiro atoms. The van der Waals surface area contributed by atoms with Gasteiger partial charge in [0.15, 0.2) is 6.10 Å². The molecule has 0 aliphatic rings. The van der Waals surface area contributed by atoms with Gasteiger partial charge in [-0.05, 0) is 77.0 Å². The zero-order valence-electron chi connectivity index (χ0n) is 47.8. The predicted octanol–water partition coefficient (Wildman–Crippen LogP) is 21.2. The van der Waals surface area contributed by atoms with Crippen molar-refractivity contribution in [2.75, 3.05) is 13.2 Å². The fraction of sp³-hybridized carbons (Fsp3) is 0.862. The smallest absolute Gasteiger partial charge is 0.306 e. The van der Waals surface area contributed by atoms with Crippen LogP contribution in [0.15, 0.2) is 36.5 Å². The highest BCUT2D eigenvalue weighted by Crippen LogP contribution is 2.17. The van der Waals surface area contributed by atoms with Gasteiger partial charge < -0.3 is 14.2 Å². The molecule has 0 rings (SSSR count). The second-order valence-electron chi connectivity index (χ2n) is 21.3. The van der Waals surface area contributed by atoms with Gasteiger partial charge in [0, 0.05) is 19.3 Å². The van der Waals surface area contributed by atoms with Crippen molar-refractivity contribution in [3.05, 3.63) is 36.5 Å². The number of unbranched alkanes of at least 4 members (excludes halogenated alkanes) is 41. The van der Waals surface area contributed by atoms with Crippen LogP contribution in [0.1, 0.15) is 342 Å². The first-order chi connectivity index (χ1) is 35.0. The second-order valence-corrected chi connectivity index (χ2v) is 21.3. The molecule has 0 aromatic heterocycles. The number of ether oxygens (including phenoxy) is 3. The highest BCUT2D eigenvalue weighted by Gasteiger charge is 2.19. The normalized spacial score (nSPS) is 12.2. The lowest BCUT2D eigenvalue weighted by molar-refractivity contribution is -0.167. The Balaban J connectivity index is 4.28. The van der Waals surface area contributed by atoms with Gasteiger partial charge in [-0.25, -0.2) is 0 Å². The van der Waals surface area contributed by atoms with E-state index in [9.17, 15) is 14.4 Å². The average Bonchev–Trinajstić information content (AvgIpc) is 3.37. The highest BCUT2D eigenvalue weighted by molar-refractivity contribution is 5.71. The van der Waals surface area contributed by atoms with Crippen LogP contribution in [0.3, 0.4) is 0 Å². The molecule has 1 atom stereocenters. The van der Waals surface area contributed by atoms with Gasteiger partial charge in [0.2, 0.25) is 0 Å². The number of carbonyl (C=O) groups excluding carboxylic acids is 3. The average molecular weight is 998 g/mol. The van der Waals surface area contributed by atoms with E-state index in [2.05, 4.69) is 57.2 Å². The summed E-state index contributed by atoms with van der Waals surface area (Å²) in [7, 11) is 0. The van der Waals surface area contributed by atoms with E-state index in [4.69, 9.17) is 14.2 Å². The van der Waals surface area contributed by atoms with Crippen molar-refractivity contribution in [2.45, 2.75) is 348 Å². The molecule has 0 aliphatic carbocycles. The minimum absolute atomic E-state index is 0.0732. The van der Waals surface area contributed by atoms with Crippen LogP contribution in [0.4, 0.5) is 0 Å². The lowest BCUT2D eigenvalue weighted by Gasteiger charge is -2.18. The molecule has 0 fully saturated rings. The maximum atomic E-state index is 12.9. The summed E-state index contributed by atoms with van der Waals surface area (Å²) in [5.74, 6) is -0.864.